The minimum atomic E-state index is -2.67. The van der Waals surface area contributed by atoms with Gasteiger partial charge >= 0.3 is 0 Å². The van der Waals surface area contributed by atoms with Crippen molar-refractivity contribution in [3.63, 3.8) is 0 Å². The number of rotatable bonds is 1. The third kappa shape index (κ3) is 2.89. The maximum Gasteiger partial charge on any atom is 0.137 e. The molecule has 2 aliphatic rings. The molecule has 23 heavy (non-hydrogen) atoms. The van der Waals surface area contributed by atoms with E-state index in [9.17, 15) is 0 Å². The van der Waals surface area contributed by atoms with Gasteiger partial charge in [-0.25, -0.2) is 4.99 Å². The van der Waals surface area contributed by atoms with Gasteiger partial charge in [0, 0.05) is 48.4 Å². The predicted octanol–water partition coefficient (Wildman–Crippen LogP) is 3.87. The Morgan fingerprint density at radius 1 is 1.04 bits per heavy atom. The summed E-state index contributed by atoms with van der Waals surface area (Å²) in [4.78, 5) is 10.7. The topological polar surface area (TPSA) is 18.8 Å². The number of benzene rings is 2. The van der Waals surface area contributed by atoms with Crippen molar-refractivity contribution in [1.29, 1.82) is 0 Å². The number of fused-ring (bicyclic) bond motifs is 2. The largest absolute Gasteiger partial charge is 0.354 e. The molecular formula is C19H21N3S. The summed E-state index contributed by atoms with van der Waals surface area (Å²) in [7, 11) is 0. The van der Waals surface area contributed by atoms with Gasteiger partial charge in [0.05, 0.1) is 5.69 Å². The molecule has 1 saturated heterocycles. The molecule has 4 heteroatoms. The molecule has 2 heterocycles. The molecule has 2 aromatic rings. The monoisotopic (exact) mass is 328 g/mol. The van der Waals surface area contributed by atoms with Crippen LogP contribution in [0, 0.1) is 0 Å². The SMILES string of the molecule is [2H]C([2H])([2H])C([2H])([2H])N1CCN(C2=Nc3ccccc3Sc3ccccc32)CC1. The van der Waals surface area contributed by atoms with E-state index < -0.39 is 13.3 Å². The van der Waals surface area contributed by atoms with Gasteiger partial charge in [-0.15, -0.1) is 0 Å². The van der Waals surface area contributed by atoms with Crippen molar-refractivity contribution in [1.82, 2.24) is 9.80 Å². The van der Waals surface area contributed by atoms with Gasteiger partial charge in [0.25, 0.3) is 0 Å². The lowest BCUT2D eigenvalue weighted by Gasteiger charge is -2.36. The van der Waals surface area contributed by atoms with Crippen molar-refractivity contribution in [2.24, 2.45) is 4.99 Å². The first-order valence-corrected chi connectivity index (χ1v) is 8.54. The van der Waals surface area contributed by atoms with E-state index in [0.29, 0.717) is 26.2 Å². The van der Waals surface area contributed by atoms with Gasteiger partial charge in [-0.05, 0) is 24.7 Å². The lowest BCUT2D eigenvalue weighted by atomic mass is 10.1. The van der Waals surface area contributed by atoms with Crippen molar-refractivity contribution >= 4 is 23.3 Å². The third-order valence-electron chi connectivity index (χ3n) is 4.18. The van der Waals surface area contributed by atoms with Crippen molar-refractivity contribution < 1.29 is 6.85 Å². The van der Waals surface area contributed by atoms with E-state index in [1.165, 1.54) is 4.90 Å². The smallest absolute Gasteiger partial charge is 0.137 e. The zero-order valence-electron chi connectivity index (χ0n) is 17.7. The fraction of sp³-hybridized carbons (Fsp3) is 0.316. The highest BCUT2D eigenvalue weighted by atomic mass is 32.2. The Hall–Kier alpha value is -1.78. The molecule has 3 nitrogen and oxygen atoms in total. The summed E-state index contributed by atoms with van der Waals surface area (Å²) in [6, 6.07) is 16.2. The van der Waals surface area contributed by atoms with Crippen LogP contribution < -0.4 is 0 Å². The van der Waals surface area contributed by atoms with Crippen LogP contribution in [0.4, 0.5) is 5.69 Å². The number of nitrogens with zero attached hydrogens (tertiary/aromatic N) is 3. The number of hydrogen-bond donors (Lipinski definition) is 0. The van der Waals surface area contributed by atoms with E-state index in [0.717, 1.165) is 26.9 Å². The molecule has 0 bridgehead atoms. The summed E-state index contributed by atoms with van der Waals surface area (Å²) in [6.07, 6.45) is 0. The summed E-state index contributed by atoms with van der Waals surface area (Å²) in [5.41, 5.74) is 1.97. The van der Waals surface area contributed by atoms with Crippen LogP contribution in [0.1, 0.15) is 19.3 Å². The molecule has 4 rings (SSSR count). The summed E-state index contributed by atoms with van der Waals surface area (Å²) in [6.45, 7) is -3.28. The van der Waals surface area contributed by atoms with Crippen molar-refractivity contribution in [3.05, 3.63) is 54.1 Å². The normalized spacial score (nSPS) is 22.3. The van der Waals surface area contributed by atoms with E-state index >= 15 is 0 Å². The van der Waals surface area contributed by atoms with Crippen LogP contribution in [0.3, 0.4) is 0 Å². The van der Waals surface area contributed by atoms with Gasteiger partial charge in [0.2, 0.25) is 0 Å². The average molecular weight is 328 g/mol. The Morgan fingerprint density at radius 3 is 2.61 bits per heavy atom. The highest BCUT2D eigenvalue weighted by molar-refractivity contribution is 7.99. The molecule has 2 aromatic carbocycles. The number of hydrogen-bond acceptors (Lipinski definition) is 4. The molecule has 0 aromatic heterocycles. The summed E-state index contributed by atoms with van der Waals surface area (Å²) < 4.78 is 38.5. The molecule has 0 radical (unpaired) electrons. The van der Waals surface area contributed by atoms with Gasteiger partial charge in [0.15, 0.2) is 0 Å². The Kier molecular flexibility index (Phi) is 2.82. The van der Waals surface area contributed by atoms with E-state index in [2.05, 4.69) is 23.1 Å². The highest BCUT2D eigenvalue weighted by Crippen LogP contribution is 2.40. The fourth-order valence-corrected chi connectivity index (χ4v) is 3.96. The summed E-state index contributed by atoms with van der Waals surface area (Å²) in [5, 5.41) is 0. The third-order valence-corrected chi connectivity index (χ3v) is 5.32. The summed E-state index contributed by atoms with van der Waals surface area (Å²) >= 11 is 1.69. The standard InChI is InChI=1S/C19H21N3S/c1-2-21-11-13-22(14-12-21)19-15-7-3-5-9-17(15)23-18-10-6-4-8-16(18)20-19/h3-10H,2,11-14H2,1H3/i1D3,2D2. The minimum absolute atomic E-state index is 0.335. The number of aliphatic imine (C=N–C) groups is 1. The molecule has 0 saturated carbocycles. The average Bonchev–Trinajstić information content (AvgIpc) is 2.84. The maximum absolute atomic E-state index is 8.01. The van der Waals surface area contributed by atoms with Crippen molar-refractivity contribution in [2.75, 3.05) is 32.7 Å². The zero-order valence-corrected chi connectivity index (χ0v) is 13.5. The second-order valence-electron chi connectivity index (χ2n) is 5.59. The van der Waals surface area contributed by atoms with E-state index in [1.807, 2.05) is 30.3 Å². The number of piperazine rings is 1. The zero-order chi connectivity index (χ0) is 19.9. The Balaban J connectivity index is 1.64. The molecule has 1 fully saturated rings. The van der Waals surface area contributed by atoms with E-state index in [4.69, 9.17) is 11.8 Å². The van der Waals surface area contributed by atoms with E-state index in [1.54, 1.807) is 11.8 Å². The summed E-state index contributed by atoms with van der Waals surface area (Å²) in [5.74, 6) is 0.863. The second-order valence-corrected chi connectivity index (χ2v) is 6.67. The van der Waals surface area contributed by atoms with Crippen LogP contribution in [0.2, 0.25) is 0 Å². The van der Waals surface area contributed by atoms with Gasteiger partial charge in [0.1, 0.15) is 5.84 Å². The van der Waals surface area contributed by atoms with Crippen LogP contribution in [0.15, 0.2) is 63.3 Å². The Labute approximate surface area is 149 Å². The maximum atomic E-state index is 8.01. The Morgan fingerprint density at radius 2 is 1.78 bits per heavy atom. The van der Waals surface area contributed by atoms with E-state index in [-0.39, 0.29) is 0 Å². The molecule has 0 atom stereocenters. The van der Waals surface area contributed by atoms with Crippen LogP contribution in [-0.2, 0) is 0 Å². The molecule has 2 aliphatic heterocycles. The molecule has 0 aliphatic carbocycles. The predicted molar refractivity (Wildman–Crippen MR) is 96.9 cm³/mol. The first kappa shape index (κ1) is 10.2. The van der Waals surface area contributed by atoms with Crippen LogP contribution in [-0.4, -0.2) is 48.3 Å². The lowest BCUT2D eigenvalue weighted by Crippen LogP contribution is -2.48. The van der Waals surface area contributed by atoms with Gasteiger partial charge in [-0.2, -0.15) is 0 Å². The molecular weight excluding hydrogens is 302 g/mol. The van der Waals surface area contributed by atoms with Gasteiger partial charge < -0.3 is 9.80 Å². The molecule has 0 spiro atoms. The highest BCUT2D eigenvalue weighted by Gasteiger charge is 2.24. The van der Waals surface area contributed by atoms with Crippen LogP contribution >= 0.6 is 11.8 Å². The molecule has 0 amide bonds. The lowest BCUT2D eigenvalue weighted by molar-refractivity contribution is 0.190. The van der Waals surface area contributed by atoms with Crippen LogP contribution in [0.5, 0.6) is 0 Å². The van der Waals surface area contributed by atoms with Gasteiger partial charge in [-0.3, -0.25) is 0 Å². The first-order valence-electron chi connectivity index (χ1n) is 10.2. The van der Waals surface area contributed by atoms with Crippen molar-refractivity contribution in [3.8, 4) is 0 Å². The molecule has 0 unspecified atom stereocenters. The van der Waals surface area contributed by atoms with Gasteiger partial charge in [-0.1, -0.05) is 48.9 Å². The first-order chi connectivity index (χ1) is 13.3. The molecule has 0 N–H and O–H groups in total. The second kappa shape index (κ2) is 6.38. The quantitative estimate of drug-likeness (QED) is 0.792. The minimum Gasteiger partial charge on any atom is -0.354 e. The Bertz CT molecular complexity index is 904. The number of para-hydroxylation sites is 1. The fourth-order valence-electron chi connectivity index (χ4n) is 2.94. The number of amidine groups is 1. The molecule has 118 valence electrons. The van der Waals surface area contributed by atoms with Crippen molar-refractivity contribution in [2.45, 2.75) is 16.6 Å². The number of likely N-dealkylation sites (N-methyl/N-ethyl adjacent to an activating group) is 1. The van der Waals surface area contributed by atoms with Crippen LogP contribution in [0.25, 0.3) is 0 Å².